The fourth-order valence-electron chi connectivity index (χ4n) is 2.91. The maximum absolute atomic E-state index is 5.79. The highest BCUT2D eigenvalue weighted by molar-refractivity contribution is 7.11. The van der Waals surface area contributed by atoms with E-state index in [0.29, 0.717) is 6.04 Å². The lowest BCUT2D eigenvalue weighted by Gasteiger charge is -2.43. The number of thiazole rings is 1. The van der Waals surface area contributed by atoms with Gasteiger partial charge in [-0.15, -0.1) is 11.3 Å². The zero-order chi connectivity index (χ0) is 14.6. The van der Waals surface area contributed by atoms with Crippen LogP contribution in [0.5, 0.6) is 0 Å². The fourth-order valence-corrected chi connectivity index (χ4v) is 3.93. The highest BCUT2D eigenvalue weighted by atomic mass is 32.1. The van der Waals surface area contributed by atoms with Crippen LogP contribution in [-0.4, -0.2) is 30.3 Å². The van der Waals surface area contributed by atoms with Crippen LogP contribution in [0.2, 0.25) is 0 Å². The number of rotatable bonds is 8. The first-order valence-electron chi connectivity index (χ1n) is 7.80. The second kappa shape index (κ2) is 7.01. The van der Waals surface area contributed by atoms with Crippen molar-refractivity contribution in [2.75, 3.05) is 13.7 Å². The van der Waals surface area contributed by atoms with Crippen LogP contribution in [-0.2, 0) is 11.2 Å². The van der Waals surface area contributed by atoms with Gasteiger partial charge in [-0.05, 0) is 52.5 Å². The van der Waals surface area contributed by atoms with Crippen molar-refractivity contribution in [3.63, 3.8) is 0 Å². The SMILES string of the molecule is CCCNC(Cc1nc(C)c(C)s1)CC1(OC)CCC1. The quantitative estimate of drug-likeness (QED) is 0.795. The third kappa shape index (κ3) is 3.80. The van der Waals surface area contributed by atoms with E-state index in [0.717, 1.165) is 19.4 Å². The fraction of sp³-hybridized carbons (Fsp3) is 0.812. The van der Waals surface area contributed by atoms with E-state index in [1.807, 2.05) is 18.4 Å². The minimum atomic E-state index is 0.132. The molecule has 2 rings (SSSR count). The van der Waals surface area contributed by atoms with Gasteiger partial charge in [-0.25, -0.2) is 4.98 Å². The minimum Gasteiger partial charge on any atom is -0.378 e. The third-order valence-corrected chi connectivity index (χ3v) is 5.59. The Kier molecular flexibility index (Phi) is 5.58. The summed E-state index contributed by atoms with van der Waals surface area (Å²) in [7, 11) is 1.87. The summed E-state index contributed by atoms with van der Waals surface area (Å²) in [6.45, 7) is 7.56. The lowest BCUT2D eigenvalue weighted by molar-refractivity contribution is -0.0834. The minimum absolute atomic E-state index is 0.132. The van der Waals surface area contributed by atoms with Gasteiger partial charge in [0.05, 0.1) is 16.3 Å². The molecule has 0 radical (unpaired) electrons. The summed E-state index contributed by atoms with van der Waals surface area (Å²) in [5.74, 6) is 0. The molecule has 0 bridgehead atoms. The van der Waals surface area contributed by atoms with Gasteiger partial charge in [0.15, 0.2) is 0 Å². The van der Waals surface area contributed by atoms with Crippen LogP contribution < -0.4 is 5.32 Å². The highest BCUT2D eigenvalue weighted by Crippen LogP contribution is 2.39. The van der Waals surface area contributed by atoms with Crippen molar-refractivity contribution in [1.29, 1.82) is 0 Å². The molecule has 114 valence electrons. The molecule has 0 aromatic carbocycles. The van der Waals surface area contributed by atoms with Crippen LogP contribution in [0, 0.1) is 13.8 Å². The van der Waals surface area contributed by atoms with Crippen molar-refractivity contribution in [2.24, 2.45) is 0 Å². The number of nitrogens with zero attached hydrogens (tertiary/aromatic N) is 1. The summed E-state index contributed by atoms with van der Waals surface area (Å²) in [5.41, 5.74) is 1.32. The Morgan fingerprint density at radius 1 is 1.40 bits per heavy atom. The van der Waals surface area contributed by atoms with Crippen molar-refractivity contribution < 1.29 is 4.74 Å². The number of methoxy groups -OCH3 is 1. The smallest absolute Gasteiger partial charge is 0.0946 e. The molecular weight excluding hydrogens is 268 g/mol. The molecule has 20 heavy (non-hydrogen) atoms. The molecule has 0 amide bonds. The van der Waals surface area contributed by atoms with E-state index >= 15 is 0 Å². The number of aryl methyl sites for hydroxylation is 2. The van der Waals surface area contributed by atoms with Crippen LogP contribution >= 0.6 is 11.3 Å². The first-order valence-corrected chi connectivity index (χ1v) is 8.61. The topological polar surface area (TPSA) is 34.2 Å². The highest BCUT2D eigenvalue weighted by Gasteiger charge is 2.39. The van der Waals surface area contributed by atoms with E-state index in [4.69, 9.17) is 9.72 Å². The molecule has 1 aliphatic carbocycles. The third-order valence-electron chi connectivity index (χ3n) is 4.49. The normalized spacial score (nSPS) is 18.8. The van der Waals surface area contributed by atoms with Gasteiger partial charge < -0.3 is 10.1 Å². The summed E-state index contributed by atoms with van der Waals surface area (Å²) in [4.78, 5) is 6.04. The van der Waals surface area contributed by atoms with Crippen molar-refractivity contribution >= 4 is 11.3 Å². The van der Waals surface area contributed by atoms with Gasteiger partial charge in [0.2, 0.25) is 0 Å². The van der Waals surface area contributed by atoms with Gasteiger partial charge in [0, 0.05) is 24.4 Å². The molecule has 1 aliphatic rings. The molecular formula is C16H28N2OS. The second-order valence-corrected chi connectivity index (χ2v) is 7.34. The van der Waals surface area contributed by atoms with Gasteiger partial charge in [-0.1, -0.05) is 6.92 Å². The summed E-state index contributed by atoms with van der Waals surface area (Å²) in [6, 6.07) is 0.486. The van der Waals surface area contributed by atoms with Gasteiger partial charge in [0.25, 0.3) is 0 Å². The summed E-state index contributed by atoms with van der Waals surface area (Å²) in [6.07, 6.45) is 7.05. The molecule has 1 fully saturated rings. The molecule has 0 saturated heterocycles. The van der Waals surface area contributed by atoms with Gasteiger partial charge in [-0.3, -0.25) is 0 Å². The van der Waals surface area contributed by atoms with E-state index in [-0.39, 0.29) is 5.60 Å². The molecule has 4 heteroatoms. The van der Waals surface area contributed by atoms with Crippen molar-refractivity contribution in [3.8, 4) is 0 Å². The number of ether oxygens (including phenoxy) is 1. The average Bonchev–Trinajstić information content (AvgIpc) is 2.69. The Morgan fingerprint density at radius 2 is 2.15 bits per heavy atom. The van der Waals surface area contributed by atoms with Crippen LogP contribution in [0.1, 0.15) is 54.6 Å². The van der Waals surface area contributed by atoms with Crippen LogP contribution in [0.4, 0.5) is 0 Å². The number of nitrogens with one attached hydrogen (secondary N) is 1. The maximum Gasteiger partial charge on any atom is 0.0946 e. The second-order valence-electron chi connectivity index (χ2n) is 6.05. The molecule has 1 atom stereocenters. The monoisotopic (exact) mass is 296 g/mol. The molecule has 1 aromatic rings. The zero-order valence-electron chi connectivity index (χ0n) is 13.3. The van der Waals surface area contributed by atoms with E-state index in [1.165, 1.54) is 41.3 Å². The number of hydrogen-bond acceptors (Lipinski definition) is 4. The summed E-state index contributed by atoms with van der Waals surface area (Å²) >= 11 is 1.84. The maximum atomic E-state index is 5.79. The van der Waals surface area contributed by atoms with Crippen molar-refractivity contribution in [1.82, 2.24) is 10.3 Å². The van der Waals surface area contributed by atoms with E-state index in [1.54, 1.807) is 0 Å². The zero-order valence-corrected chi connectivity index (χ0v) is 14.1. The van der Waals surface area contributed by atoms with Crippen molar-refractivity contribution in [2.45, 2.75) is 70.9 Å². The predicted octanol–water partition coefficient (Wildman–Crippen LogP) is 3.63. The van der Waals surface area contributed by atoms with Crippen LogP contribution in [0.25, 0.3) is 0 Å². The Hall–Kier alpha value is -0.450. The van der Waals surface area contributed by atoms with E-state index in [2.05, 4.69) is 26.1 Å². The molecule has 0 aliphatic heterocycles. The Bertz CT molecular complexity index is 401. The Balaban J connectivity index is 1.99. The number of aromatic nitrogens is 1. The standard InChI is InChI=1S/C16H28N2OS/c1-5-9-17-14(11-16(19-4)7-6-8-16)10-15-18-12(2)13(3)20-15/h14,17H,5-11H2,1-4H3. The first-order chi connectivity index (χ1) is 9.58. The first kappa shape index (κ1) is 15.9. The number of hydrogen-bond donors (Lipinski definition) is 1. The molecule has 1 heterocycles. The molecule has 0 spiro atoms. The molecule has 1 aromatic heterocycles. The molecule has 1 N–H and O–H groups in total. The van der Waals surface area contributed by atoms with Crippen molar-refractivity contribution in [3.05, 3.63) is 15.6 Å². The van der Waals surface area contributed by atoms with Gasteiger partial charge in [-0.2, -0.15) is 0 Å². The predicted molar refractivity (Wildman–Crippen MR) is 85.6 cm³/mol. The molecule has 1 saturated carbocycles. The van der Waals surface area contributed by atoms with Gasteiger partial charge >= 0.3 is 0 Å². The summed E-state index contributed by atoms with van der Waals surface area (Å²) < 4.78 is 5.79. The summed E-state index contributed by atoms with van der Waals surface area (Å²) in [5, 5.41) is 4.95. The lowest BCUT2D eigenvalue weighted by Crippen LogP contribution is -2.46. The van der Waals surface area contributed by atoms with Crippen LogP contribution in [0.15, 0.2) is 0 Å². The van der Waals surface area contributed by atoms with E-state index in [9.17, 15) is 0 Å². The Labute approximate surface area is 127 Å². The molecule has 1 unspecified atom stereocenters. The Morgan fingerprint density at radius 3 is 2.60 bits per heavy atom. The van der Waals surface area contributed by atoms with E-state index < -0.39 is 0 Å². The van der Waals surface area contributed by atoms with Crippen LogP contribution in [0.3, 0.4) is 0 Å². The average molecular weight is 296 g/mol. The van der Waals surface area contributed by atoms with Gasteiger partial charge in [0.1, 0.15) is 0 Å². The largest absolute Gasteiger partial charge is 0.378 e. The lowest BCUT2D eigenvalue weighted by atomic mass is 9.75. The molecule has 3 nitrogen and oxygen atoms in total.